The van der Waals surface area contributed by atoms with E-state index in [0.29, 0.717) is 5.69 Å². The van der Waals surface area contributed by atoms with Gasteiger partial charge in [0.1, 0.15) is 5.69 Å². The molecule has 1 aromatic heterocycles. The summed E-state index contributed by atoms with van der Waals surface area (Å²) in [4.78, 5) is 19.8. The molecule has 0 atom stereocenters. The predicted molar refractivity (Wildman–Crippen MR) is 65.7 cm³/mol. The Labute approximate surface area is 102 Å². The first-order valence-electron chi connectivity index (χ1n) is 6.32. The Bertz CT molecular complexity index is 369. The first-order valence-corrected chi connectivity index (χ1v) is 6.32. The molecule has 0 unspecified atom stereocenters. The summed E-state index contributed by atoms with van der Waals surface area (Å²) in [7, 11) is 0. The van der Waals surface area contributed by atoms with E-state index in [2.05, 4.69) is 15.3 Å². The SMILES string of the molecule is Cc1cnc(C(=O)NCCC2CCCC2)cn1. The summed E-state index contributed by atoms with van der Waals surface area (Å²) >= 11 is 0. The molecule has 1 fully saturated rings. The van der Waals surface area contributed by atoms with Crippen LogP contribution < -0.4 is 5.32 Å². The molecular formula is C13H19N3O. The molecule has 4 nitrogen and oxygen atoms in total. The maximum absolute atomic E-state index is 11.7. The van der Waals surface area contributed by atoms with Gasteiger partial charge in [0.2, 0.25) is 0 Å². The fraction of sp³-hybridized carbons (Fsp3) is 0.615. The molecule has 92 valence electrons. The molecule has 0 aliphatic heterocycles. The number of carbonyl (C=O) groups is 1. The molecule has 1 N–H and O–H groups in total. The number of amides is 1. The van der Waals surface area contributed by atoms with Gasteiger partial charge in [-0.2, -0.15) is 0 Å². The van der Waals surface area contributed by atoms with Gasteiger partial charge >= 0.3 is 0 Å². The van der Waals surface area contributed by atoms with Gasteiger partial charge in [-0.15, -0.1) is 0 Å². The normalized spacial score (nSPS) is 16.1. The fourth-order valence-electron chi connectivity index (χ4n) is 2.29. The summed E-state index contributed by atoms with van der Waals surface area (Å²) in [5, 5.41) is 2.90. The van der Waals surface area contributed by atoms with Gasteiger partial charge < -0.3 is 5.32 Å². The van der Waals surface area contributed by atoms with E-state index in [1.807, 2.05) is 6.92 Å². The highest BCUT2D eigenvalue weighted by Gasteiger charge is 2.15. The number of carbonyl (C=O) groups excluding carboxylic acids is 1. The Balaban J connectivity index is 1.75. The Morgan fingerprint density at radius 3 is 2.76 bits per heavy atom. The van der Waals surface area contributed by atoms with Gasteiger partial charge in [-0.05, 0) is 19.3 Å². The van der Waals surface area contributed by atoms with Crippen LogP contribution >= 0.6 is 0 Å². The summed E-state index contributed by atoms with van der Waals surface area (Å²) in [6.07, 6.45) is 9.57. The van der Waals surface area contributed by atoms with Gasteiger partial charge in [0, 0.05) is 12.7 Å². The van der Waals surface area contributed by atoms with Crippen molar-refractivity contribution in [2.75, 3.05) is 6.54 Å². The molecule has 17 heavy (non-hydrogen) atoms. The minimum atomic E-state index is -0.115. The smallest absolute Gasteiger partial charge is 0.271 e. The molecule has 4 heteroatoms. The number of rotatable bonds is 4. The van der Waals surface area contributed by atoms with E-state index in [0.717, 1.165) is 24.6 Å². The number of aryl methyl sites for hydroxylation is 1. The van der Waals surface area contributed by atoms with Crippen LogP contribution in [-0.4, -0.2) is 22.4 Å². The van der Waals surface area contributed by atoms with Gasteiger partial charge in [0.05, 0.1) is 11.9 Å². The van der Waals surface area contributed by atoms with Gasteiger partial charge in [0.15, 0.2) is 0 Å². The molecule has 1 heterocycles. The second-order valence-electron chi connectivity index (χ2n) is 4.74. The average Bonchev–Trinajstić information content (AvgIpc) is 2.83. The zero-order valence-electron chi connectivity index (χ0n) is 10.3. The van der Waals surface area contributed by atoms with Crippen molar-refractivity contribution < 1.29 is 4.79 Å². The molecule has 0 radical (unpaired) electrons. The van der Waals surface area contributed by atoms with Crippen LogP contribution in [0, 0.1) is 12.8 Å². The first kappa shape index (κ1) is 12.0. The largest absolute Gasteiger partial charge is 0.351 e. The zero-order valence-corrected chi connectivity index (χ0v) is 10.3. The molecule has 0 saturated heterocycles. The van der Waals surface area contributed by atoms with Crippen molar-refractivity contribution in [2.45, 2.75) is 39.0 Å². The number of aromatic nitrogens is 2. The van der Waals surface area contributed by atoms with E-state index in [-0.39, 0.29) is 5.91 Å². The highest BCUT2D eigenvalue weighted by Crippen LogP contribution is 2.26. The van der Waals surface area contributed by atoms with E-state index in [9.17, 15) is 4.79 Å². The quantitative estimate of drug-likeness (QED) is 0.866. The fourth-order valence-corrected chi connectivity index (χ4v) is 2.29. The summed E-state index contributed by atoms with van der Waals surface area (Å²) < 4.78 is 0. The van der Waals surface area contributed by atoms with Crippen molar-refractivity contribution in [3.05, 3.63) is 23.8 Å². The molecule has 1 aliphatic rings. The first-order chi connectivity index (χ1) is 8.25. The minimum Gasteiger partial charge on any atom is -0.351 e. The number of hydrogen-bond donors (Lipinski definition) is 1. The average molecular weight is 233 g/mol. The van der Waals surface area contributed by atoms with E-state index in [1.54, 1.807) is 6.20 Å². The van der Waals surface area contributed by atoms with Crippen molar-refractivity contribution in [1.82, 2.24) is 15.3 Å². The lowest BCUT2D eigenvalue weighted by atomic mass is 10.0. The third-order valence-corrected chi connectivity index (χ3v) is 3.33. The monoisotopic (exact) mass is 233 g/mol. The highest BCUT2D eigenvalue weighted by atomic mass is 16.1. The van der Waals surface area contributed by atoms with E-state index < -0.39 is 0 Å². The van der Waals surface area contributed by atoms with E-state index in [4.69, 9.17) is 0 Å². The molecule has 0 spiro atoms. The predicted octanol–water partition coefficient (Wildman–Crippen LogP) is 2.10. The minimum absolute atomic E-state index is 0.115. The molecule has 1 aromatic rings. The van der Waals surface area contributed by atoms with E-state index in [1.165, 1.54) is 31.9 Å². The Morgan fingerprint density at radius 2 is 2.12 bits per heavy atom. The van der Waals surface area contributed by atoms with Crippen LogP contribution in [0.1, 0.15) is 48.3 Å². The molecule has 1 saturated carbocycles. The van der Waals surface area contributed by atoms with Gasteiger partial charge in [0.25, 0.3) is 5.91 Å². The molecule has 0 aromatic carbocycles. The van der Waals surface area contributed by atoms with E-state index >= 15 is 0 Å². The van der Waals surface area contributed by atoms with Crippen LogP contribution in [0.3, 0.4) is 0 Å². The van der Waals surface area contributed by atoms with Crippen molar-refractivity contribution in [3.8, 4) is 0 Å². The van der Waals surface area contributed by atoms with Crippen LogP contribution in [0.15, 0.2) is 12.4 Å². The Hall–Kier alpha value is -1.45. The molecule has 0 bridgehead atoms. The van der Waals surface area contributed by atoms with Crippen LogP contribution in [-0.2, 0) is 0 Å². The maximum Gasteiger partial charge on any atom is 0.271 e. The third-order valence-electron chi connectivity index (χ3n) is 3.33. The number of nitrogens with one attached hydrogen (secondary N) is 1. The number of hydrogen-bond acceptors (Lipinski definition) is 3. The molecule has 2 rings (SSSR count). The van der Waals surface area contributed by atoms with Crippen LogP contribution in [0.25, 0.3) is 0 Å². The van der Waals surface area contributed by atoms with Gasteiger partial charge in [-0.3, -0.25) is 9.78 Å². The second-order valence-corrected chi connectivity index (χ2v) is 4.74. The second kappa shape index (κ2) is 5.75. The summed E-state index contributed by atoms with van der Waals surface area (Å²) in [6, 6.07) is 0. The van der Waals surface area contributed by atoms with Crippen LogP contribution in [0.4, 0.5) is 0 Å². The van der Waals surface area contributed by atoms with Gasteiger partial charge in [-0.25, -0.2) is 4.98 Å². The topological polar surface area (TPSA) is 54.9 Å². The number of nitrogens with zero attached hydrogens (tertiary/aromatic N) is 2. The van der Waals surface area contributed by atoms with Crippen molar-refractivity contribution in [3.63, 3.8) is 0 Å². The standard InChI is InChI=1S/C13H19N3O/c1-10-8-16-12(9-15-10)13(17)14-7-6-11-4-2-3-5-11/h8-9,11H,2-7H2,1H3,(H,14,17). The van der Waals surface area contributed by atoms with Crippen LogP contribution in [0.5, 0.6) is 0 Å². The lowest BCUT2D eigenvalue weighted by Gasteiger charge is -2.09. The Kier molecular flexibility index (Phi) is 4.07. The lowest BCUT2D eigenvalue weighted by Crippen LogP contribution is -2.26. The lowest BCUT2D eigenvalue weighted by molar-refractivity contribution is 0.0946. The van der Waals surface area contributed by atoms with Crippen LogP contribution in [0.2, 0.25) is 0 Å². The summed E-state index contributed by atoms with van der Waals surface area (Å²) in [6.45, 7) is 2.60. The van der Waals surface area contributed by atoms with Gasteiger partial charge in [-0.1, -0.05) is 25.7 Å². The van der Waals surface area contributed by atoms with Crippen molar-refractivity contribution in [1.29, 1.82) is 0 Å². The summed E-state index contributed by atoms with van der Waals surface area (Å²) in [5.41, 5.74) is 1.23. The summed E-state index contributed by atoms with van der Waals surface area (Å²) in [5.74, 6) is 0.690. The molecular weight excluding hydrogens is 214 g/mol. The van der Waals surface area contributed by atoms with Crippen molar-refractivity contribution in [2.24, 2.45) is 5.92 Å². The zero-order chi connectivity index (χ0) is 12.1. The Morgan fingerprint density at radius 1 is 1.35 bits per heavy atom. The maximum atomic E-state index is 11.7. The third kappa shape index (κ3) is 3.51. The molecule has 1 aliphatic carbocycles. The van der Waals surface area contributed by atoms with Crippen molar-refractivity contribution >= 4 is 5.91 Å². The molecule has 1 amide bonds. The highest BCUT2D eigenvalue weighted by molar-refractivity contribution is 5.91.